The van der Waals surface area contributed by atoms with Crippen molar-refractivity contribution in [3.05, 3.63) is 59.7 Å². The maximum Gasteiger partial charge on any atom is 0.254 e. The summed E-state index contributed by atoms with van der Waals surface area (Å²) in [7, 11) is 1.59. The Morgan fingerprint density at radius 3 is 2.59 bits per heavy atom. The fraction of sp³-hybridized carbons (Fsp3) is 0.273. The van der Waals surface area contributed by atoms with Crippen molar-refractivity contribution in [1.29, 1.82) is 0 Å². The highest BCUT2D eigenvalue weighted by Crippen LogP contribution is 2.14. The second-order valence-corrected chi connectivity index (χ2v) is 6.16. The van der Waals surface area contributed by atoms with E-state index in [-0.39, 0.29) is 18.4 Å². The molecule has 0 aromatic heterocycles. The lowest BCUT2D eigenvalue weighted by atomic mass is 10.2. The number of likely N-dealkylation sites (N-methyl/N-ethyl adjacent to an activating group) is 1. The van der Waals surface area contributed by atoms with Crippen LogP contribution in [-0.4, -0.2) is 36.9 Å². The molecule has 2 rings (SSSR count). The van der Waals surface area contributed by atoms with Gasteiger partial charge in [-0.2, -0.15) is 0 Å². The Bertz CT molecular complexity index is 822. The van der Waals surface area contributed by atoms with Gasteiger partial charge in [-0.3, -0.25) is 9.59 Å². The van der Waals surface area contributed by atoms with Crippen molar-refractivity contribution >= 4 is 17.5 Å². The molecule has 0 saturated carbocycles. The van der Waals surface area contributed by atoms with Crippen molar-refractivity contribution in [3.63, 3.8) is 0 Å². The first-order valence-electron chi connectivity index (χ1n) is 8.88. The summed E-state index contributed by atoms with van der Waals surface area (Å²) in [4.78, 5) is 26.0. The number of rotatable bonds is 8. The maximum absolute atomic E-state index is 12.5. The Morgan fingerprint density at radius 1 is 1.19 bits per heavy atom. The second-order valence-electron chi connectivity index (χ2n) is 6.16. The van der Waals surface area contributed by atoms with Crippen molar-refractivity contribution in [2.24, 2.45) is 0 Å². The monoisotopic (exact) mass is 364 g/mol. The van der Waals surface area contributed by atoms with Crippen LogP contribution in [0.4, 0.5) is 5.69 Å². The third-order valence-electron chi connectivity index (χ3n) is 3.91. The normalized spacial score (nSPS) is 9.96. The van der Waals surface area contributed by atoms with Crippen LogP contribution >= 0.6 is 0 Å². The Labute approximate surface area is 160 Å². The van der Waals surface area contributed by atoms with E-state index in [0.717, 1.165) is 18.6 Å². The number of nitrogens with zero attached hydrogens (tertiary/aromatic N) is 1. The van der Waals surface area contributed by atoms with Gasteiger partial charge in [0.2, 0.25) is 5.91 Å². The smallest absolute Gasteiger partial charge is 0.254 e. The van der Waals surface area contributed by atoms with Gasteiger partial charge in [-0.1, -0.05) is 25.3 Å². The van der Waals surface area contributed by atoms with Gasteiger partial charge in [-0.05, 0) is 48.9 Å². The van der Waals surface area contributed by atoms with Crippen molar-refractivity contribution in [2.45, 2.75) is 19.8 Å². The Morgan fingerprint density at radius 2 is 1.93 bits per heavy atom. The molecule has 2 aromatic carbocycles. The van der Waals surface area contributed by atoms with E-state index in [1.54, 1.807) is 55.6 Å². The van der Waals surface area contributed by atoms with Gasteiger partial charge in [-0.15, -0.1) is 6.42 Å². The molecule has 0 spiro atoms. The highest BCUT2D eigenvalue weighted by Gasteiger charge is 2.15. The minimum Gasteiger partial charge on any atom is -0.494 e. The molecule has 5 nitrogen and oxygen atoms in total. The number of carbonyl (C=O) groups excluding carboxylic acids is 2. The number of amides is 2. The third-order valence-corrected chi connectivity index (χ3v) is 3.91. The third kappa shape index (κ3) is 6.19. The first-order valence-corrected chi connectivity index (χ1v) is 8.88. The molecule has 0 aliphatic carbocycles. The molecular weight excluding hydrogens is 340 g/mol. The number of hydrogen-bond acceptors (Lipinski definition) is 3. The van der Waals surface area contributed by atoms with Crippen molar-refractivity contribution in [1.82, 2.24) is 4.90 Å². The molecule has 1 N–H and O–H groups in total. The van der Waals surface area contributed by atoms with Crippen LogP contribution in [0, 0.1) is 12.3 Å². The molecule has 2 aromatic rings. The summed E-state index contributed by atoms with van der Waals surface area (Å²) in [6.07, 6.45) is 7.41. The predicted molar refractivity (Wildman–Crippen MR) is 107 cm³/mol. The highest BCUT2D eigenvalue weighted by atomic mass is 16.5. The topological polar surface area (TPSA) is 58.6 Å². The van der Waals surface area contributed by atoms with Gasteiger partial charge < -0.3 is 15.0 Å². The van der Waals surface area contributed by atoms with Crippen molar-refractivity contribution < 1.29 is 14.3 Å². The van der Waals surface area contributed by atoms with Crippen molar-refractivity contribution in [3.8, 4) is 18.1 Å². The number of ether oxygens (including phenoxy) is 1. The number of nitrogens with one attached hydrogen (secondary N) is 1. The van der Waals surface area contributed by atoms with Crippen molar-refractivity contribution in [2.75, 3.05) is 25.5 Å². The molecule has 0 saturated heterocycles. The van der Waals surface area contributed by atoms with Gasteiger partial charge in [0.05, 0.1) is 13.2 Å². The number of hydrogen-bond donors (Lipinski definition) is 1. The zero-order valence-corrected chi connectivity index (χ0v) is 15.7. The first kappa shape index (κ1) is 20.1. The molecule has 0 aliphatic heterocycles. The zero-order chi connectivity index (χ0) is 19.6. The molecule has 0 fully saturated rings. The van der Waals surface area contributed by atoms with Gasteiger partial charge in [0, 0.05) is 23.9 Å². The summed E-state index contributed by atoms with van der Waals surface area (Å²) >= 11 is 0. The molecule has 0 bridgehead atoms. The molecule has 5 heteroatoms. The molecular formula is C22H24N2O3. The van der Waals surface area contributed by atoms with Crippen LogP contribution in [-0.2, 0) is 4.79 Å². The SMILES string of the molecule is C#Cc1cccc(NC(=O)CN(C)C(=O)c2ccc(OCCCC)cc2)c1. The van der Waals surface area contributed by atoms with Crippen LogP contribution in [0.5, 0.6) is 5.75 Å². The highest BCUT2D eigenvalue weighted by molar-refractivity contribution is 5.99. The van der Waals surface area contributed by atoms with Gasteiger partial charge in [0.15, 0.2) is 0 Å². The summed E-state index contributed by atoms with van der Waals surface area (Å²) in [5, 5.41) is 2.74. The number of benzene rings is 2. The quantitative estimate of drug-likeness (QED) is 0.576. The van der Waals surface area contributed by atoms with Crippen LogP contribution in [0.3, 0.4) is 0 Å². The van der Waals surface area contributed by atoms with E-state index < -0.39 is 0 Å². The largest absolute Gasteiger partial charge is 0.494 e. The lowest BCUT2D eigenvalue weighted by Crippen LogP contribution is -2.34. The summed E-state index contributed by atoms with van der Waals surface area (Å²) in [5.74, 6) is 2.72. The van der Waals surface area contributed by atoms with Gasteiger partial charge in [0.1, 0.15) is 5.75 Å². The molecule has 0 aliphatic rings. The summed E-state index contributed by atoms with van der Waals surface area (Å²) < 4.78 is 5.59. The van der Waals surface area contributed by atoms with E-state index in [9.17, 15) is 9.59 Å². The average molecular weight is 364 g/mol. The lowest BCUT2D eigenvalue weighted by molar-refractivity contribution is -0.116. The fourth-order valence-electron chi connectivity index (χ4n) is 2.42. The number of anilines is 1. The van der Waals surface area contributed by atoms with E-state index in [1.807, 2.05) is 0 Å². The lowest BCUT2D eigenvalue weighted by Gasteiger charge is -2.17. The standard InChI is InChI=1S/C22H24N2O3/c1-4-6-14-27-20-12-10-18(11-13-20)22(26)24(3)16-21(25)23-19-9-7-8-17(5-2)15-19/h2,7-13,15H,4,6,14,16H2,1,3H3,(H,23,25). The second kappa shape index (κ2) is 10.0. The zero-order valence-electron chi connectivity index (χ0n) is 15.7. The van der Waals surface area contributed by atoms with E-state index >= 15 is 0 Å². The Hall–Kier alpha value is -3.26. The maximum atomic E-state index is 12.5. The first-order chi connectivity index (χ1) is 13.0. The minimum absolute atomic E-state index is 0.0616. The van der Waals surface area contributed by atoms with Crippen LogP contribution in [0.1, 0.15) is 35.7 Å². The molecule has 2 amide bonds. The summed E-state index contributed by atoms with van der Waals surface area (Å²) in [6, 6.07) is 13.9. The molecule has 0 atom stereocenters. The molecule has 27 heavy (non-hydrogen) atoms. The number of carbonyl (C=O) groups is 2. The van der Waals surface area contributed by atoms with E-state index in [4.69, 9.17) is 11.2 Å². The number of unbranched alkanes of at least 4 members (excludes halogenated alkanes) is 1. The number of terminal acetylenes is 1. The summed E-state index contributed by atoms with van der Waals surface area (Å²) in [5.41, 5.74) is 1.78. The van der Waals surface area contributed by atoms with Gasteiger partial charge in [0.25, 0.3) is 5.91 Å². The van der Waals surface area contributed by atoms with Gasteiger partial charge >= 0.3 is 0 Å². The Balaban J connectivity index is 1.90. The van der Waals surface area contributed by atoms with Crippen LogP contribution in [0.15, 0.2) is 48.5 Å². The van der Waals surface area contributed by atoms with Crippen LogP contribution in [0.2, 0.25) is 0 Å². The molecule has 0 heterocycles. The van der Waals surface area contributed by atoms with E-state index in [1.165, 1.54) is 4.90 Å². The van der Waals surface area contributed by atoms with Gasteiger partial charge in [-0.25, -0.2) is 0 Å². The molecule has 0 unspecified atom stereocenters. The minimum atomic E-state index is -0.292. The van der Waals surface area contributed by atoms with E-state index in [0.29, 0.717) is 23.4 Å². The fourth-order valence-corrected chi connectivity index (χ4v) is 2.42. The van der Waals surface area contributed by atoms with Crippen LogP contribution in [0.25, 0.3) is 0 Å². The average Bonchev–Trinajstić information content (AvgIpc) is 2.68. The van der Waals surface area contributed by atoms with E-state index in [2.05, 4.69) is 18.2 Å². The molecule has 140 valence electrons. The predicted octanol–water partition coefficient (Wildman–Crippen LogP) is 3.56. The molecule has 0 radical (unpaired) electrons. The van der Waals surface area contributed by atoms with Crippen LogP contribution < -0.4 is 10.1 Å². The Kier molecular flexibility index (Phi) is 7.45. The summed E-state index contributed by atoms with van der Waals surface area (Å²) in [6.45, 7) is 2.70.